The van der Waals surface area contributed by atoms with Gasteiger partial charge in [-0.25, -0.2) is 4.39 Å². The van der Waals surface area contributed by atoms with Crippen LogP contribution in [-0.2, 0) is 24.3 Å². The predicted octanol–water partition coefficient (Wildman–Crippen LogP) is 3.19. The van der Waals surface area contributed by atoms with Gasteiger partial charge in [-0.2, -0.15) is 5.10 Å². The summed E-state index contributed by atoms with van der Waals surface area (Å²) in [5.41, 5.74) is 3.92. The van der Waals surface area contributed by atoms with Gasteiger partial charge in [-0.1, -0.05) is 13.8 Å². The molecule has 6 nitrogen and oxygen atoms in total. The number of carbonyl (C=O) groups is 1. The minimum atomic E-state index is -0.261. The second-order valence-electron chi connectivity index (χ2n) is 8.52. The fraction of sp³-hybridized carbons (Fsp3) is 0.565. The van der Waals surface area contributed by atoms with Gasteiger partial charge in [0, 0.05) is 56.1 Å². The van der Waals surface area contributed by atoms with Crippen molar-refractivity contribution in [3.8, 4) is 5.75 Å². The van der Waals surface area contributed by atoms with Crippen LogP contribution in [0.15, 0.2) is 18.2 Å². The number of aromatic nitrogens is 2. The number of rotatable bonds is 7. The molecular weight excluding hydrogens is 383 g/mol. The lowest BCUT2D eigenvalue weighted by Gasteiger charge is -2.35. The number of carbonyl (C=O) groups excluding carboxylic acids is 1. The lowest BCUT2D eigenvalue weighted by atomic mass is 10.1. The number of benzene rings is 1. The molecule has 7 heteroatoms. The Bertz CT molecular complexity index is 886. The Morgan fingerprint density at radius 2 is 1.90 bits per heavy atom. The van der Waals surface area contributed by atoms with Crippen LogP contribution in [0.25, 0.3) is 0 Å². The number of ether oxygens (including phenoxy) is 1. The number of piperazine rings is 1. The molecule has 2 heterocycles. The van der Waals surface area contributed by atoms with Gasteiger partial charge in [0.05, 0.1) is 19.2 Å². The van der Waals surface area contributed by atoms with Crippen molar-refractivity contribution in [3.05, 3.63) is 46.5 Å². The monoisotopic (exact) mass is 416 g/mol. The molecule has 1 saturated heterocycles. The summed E-state index contributed by atoms with van der Waals surface area (Å²) >= 11 is 0. The second-order valence-corrected chi connectivity index (χ2v) is 8.52. The molecule has 1 amide bonds. The lowest BCUT2D eigenvalue weighted by Crippen LogP contribution is -2.48. The van der Waals surface area contributed by atoms with Gasteiger partial charge in [-0.3, -0.25) is 14.4 Å². The number of hydrogen-bond acceptors (Lipinski definition) is 4. The molecule has 30 heavy (non-hydrogen) atoms. The van der Waals surface area contributed by atoms with Crippen LogP contribution in [0.1, 0.15) is 36.4 Å². The van der Waals surface area contributed by atoms with E-state index in [1.807, 2.05) is 16.5 Å². The van der Waals surface area contributed by atoms with Gasteiger partial charge in [-0.15, -0.1) is 0 Å². The third kappa shape index (κ3) is 5.19. The third-order valence-corrected chi connectivity index (χ3v) is 5.76. The molecule has 1 aromatic heterocycles. The van der Waals surface area contributed by atoms with Crippen LogP contribution < -0.4 is 4.74 Å². The van der Waals surface area contributed by atoms with Crippen LogP contribution in [0.5, 0.6) is 5.75 Å². The Balaban J connectivity index is 1.57. The van der Waals surface area contributed by atoms with E-state index in [1.54, 1.807) is 13.2 Å². The van der Waals surface area contributed by atoms with Gasteiger partial charge < -0.3 is 9.64 Å². The molecule has 0 spiro atoms. The van der Waals surface area contributed by atoms with Crippen LogP contribution in [-0.4, -0.2) is 58.8 Å². The molecule has 164 valence electrons. The van der Waals surface area contributed by atoms with E-state index in [4.69, 9.17) is 4.74 Å². The average Bonchev–Trinajstić information content (AvgIpc) is 2.95. The topological polar surface area (TPSA) is 50.6 Å². The number of hydrogen-bond donors (Lipinski definition) is 0. The minimum Gasteiger partial charge on any atom is -0.496 e. The molecule has 0 bridgehead atoms. The van der Waals surface area contributed by atoms with Gasteiger partial charge in [0.25, 0.3) is 0 Å². The molecule has 1 fully saturated rings. The van der Waals surface area contributed by atoms with Crippen molar-refractivity contribution < 1.29 is 13.9 Å². The van der Waals surface area contributed by atoms with Crippen molar-refractivity contribution in [1.82, 2.24) is 19.6 Å². The summed E-state index contributed by atoms with van der Waals surface area (Å²) in [6.45, 7) is 12.7. The quantitative estimate of drug-likeness (QED) is 0.696. The van der Waals surface area contributed by atoms with Crippen LogP contribution in [0.2, 0.25) is 0 Å². The van der Waals surface area contributed by atoms with E-state index in [0.717, 1.165) is 42.1 Å². The van der Waals surface area contributed by atoms with E-state index in [9.17, 15) is 9.18 Å². The van der Waals surface area contributed by atoms with Crippen molar-refractivity contribution in [1.29, 1.82) is 0 Å². The maximum atomic E-state index is 13.6. The Hall–Kier alpha value is -2.41. The molecule has 0 radical (unpaired) electrons. The number of amides is 1. The summed E-state index contributed by atoms with van der Waals surface area (Å²) in [6, 6.07) is 4.59. The Morgan fingerprint density at radius 1 is 1.20 bits per heavy atom. The zero-order chi connectivity index (χ0) is 21.8. The average molecular weight is 417 g/mol. The van der Waals surface area contributed by atoms with Gasteiger partial charge in [0.2, 0.25) is 5.91 Å². The summed E-state index contributed by atoms with van der Waals surface area (Å²) in [4.78, 5) is 17.1. The summed E-state index contributed by atoms with van der Waals surface area (Å²) in [5.74, 6) is 1.09. The Labute approximate surface area is 178 Å². The highest BCUT2D eigenvalue weighted by Gasteiger charge is 2.24. The zero-order valence-electron chi connectivity index (χ0n) is 18.7. The molecule has 0 aliphatic carbocycles. The van der Waals surface area contributed by atoms with E-state index in [-0.39, 0.29) is 11.7 Å². The third-order valence-electron chi connectivity index (χ3n) is 5.76. The number of halogens is 1. The van der Waals surface area contributed by atoms with Crippen LogP contribution in [0.4, 0.5) is 4.39 Å². The van der Waals surface area contributed by atoms with Crippen molar-refractivity contribution in [2.75, 3.05) is 33.3 Å². The molecular formula is C23H33FN4O2. The highest BCUT2D eigenvalue weighted by atomic mass is 19.1. The van der Waals surface area contributed by atoms with Crippen molar-refractivity contribution in [2.45, 2.75) is 47.2 Å². The summed E-state index contributed by atoms with van der Waals surface area (Å²) in [7, 11) is 1.60. The first-order valence-corrected chi connectivity index (χ1v) is 10.6. The molecule has 0 unspecified atom stereocenters. The van der Waals surface area contributed by atoms with Crippen LogP contribution in [0, 0.1) is 25.6 Å². The van der Waals surface area contributed by atoms with Gasteiger partial charge in [-0.05, 0) is 38.0 Å². The van der Waals surface area contributed by atoms with Gasteiger partial charge in [0.1, 0.15) is 11.6 Å². The van der Waals surface area contributed by atoms with Crippen LogP contribution >= 0.6 is 0 Å². The number of nitrogens with zero attached hydrogens (tertiary/aromatic N) is 4. The normalized spacial score (nSPS) is 15.1. The van der Waals surface area contributed by atoms with Gasteiger partial charge >= 0.3 is 0 Å². The standard InChI is InChI=1S/C23H33FN4O2/c1-16(2)14-28-18(4)21(17(3)25-28)13-23(29)27-10-8-26(9-11-27)15-19-12-20(24)6-7-22(19)30-5/h6-7,12,16H,8-11,13-15H2,1-5H3. The largest absolute Gasteiger partial charge is 0.496 e. The molecule has 2 aromatic rings. The molecule has 3 rings (SSSR count). The predicted molar refractivity (Wildman–Crippen MR) is 115 cm³/mol. The molecule has 0 atom stereocenters. The van der Waals surface area contributed by atoms with Crippen molar-refractivity contribution >= 4 is 5.91 Å². The van der Waals surface area contributed by atoms with E-state index in [1.165, 1.54) is 12.1 Å². The summed E-state index contributed by atoms with van der Waals surface area (Å²) < 4.78 is 21.0. The van der Waals surface area contributed by atoms with Crippen molar-refractivity contribution in [3.63, 3.8) is 0 Å². The SMILES string of the molecule is COc1ccc(F)cc1CN1CCN(C(=O)Cc2c(C)nn(CC(C)C)c2C)CC1. The fourth-order valence-electron chi connectivity index (χ4n) is 4.04. The summed E-state index contributed by atoms with van der Waals surface area (Å²) in [6.07, 6.45) is 0.396. The molecule has 0 N–H and O–H groups in total. The first kappa shape index (κ1) is 22.3. The smallest absolute Gasteiger partial charge is 0.227 e. The second kappa shape index (κ2) is 9.60. The maximum absolute atomic E-state index is 13.6. The maximum Gasteiger partial charge on any atom is 0.227 e. The van der Waals surface area contributed by atoms with Crippen molar-refractivity contribution in [2.24, 2.45) is 5.92 Å². The fourth-order valence-corrected chi connectivity index (χ4v) is 4.04. The molecule has 1 aromatic carbocycles. The molecule has 0 saturated carbocycles. The van der Waals surface area contributed by atoms with E-state index in [0.29, 0.717) is 37.7 Å². The minimum absolute atomic E-state index is 0.147. The number of aryl methyl sites for hydroxylation is 1. The molecule has 1 aliphatic rings. The Kier molecular flexibility index (Phi) is 7.13. The van der Waals surface area contributed by atoms with Gasteiger partial charge in [0.15, 0.2) is 0 Å². The summed E-state index contributed by atoms with van der Waals surface area (Å²) in [5, 5.41) is 4.63. The zero-order valence-corrected chi connectivity index (χ0v) is 18.7. The molecule has 1 aliphatic heterocycles. The van der Waals surface area contributed by atoms with E-state index < -0.39 is 0 Å². The van der Waals surface area contributed by atoms with E-state index >= 15 is 0 Å². The first-order valence-electron chi connectivity index (χ1n) is 10.6. The first-order chi connectivity index (χ1) is 14.3. The number of methoxy groups -OCH3 is 1. The Morgan fingerprint density at radius 3 is 2.53 bits per heavy atom. The highest BCUT2D eigenvalue weighted by Crippen LogP contribution is 2.22. The van der Waals surface area contributed by atoms with E-state index in [2.05, 4.69) is 30.8 Å². The van der Waals surface area contributed by atoms with Crippen LogP contribution in [0.3, 0.4) is 0 Å². The lowest BCUT2D eigenvalue weighted by molar-refractivity contribution is -0.132. The highest BCUT2D eigenvalue weighted by molar-refractivity contribution is 5.79.